The Kier molecular flexibility index (Phi) is 7.38. The molecular weight excluding hydrogens is 396 g/mol. The van der Waals surface area contributed by atoms with Crippen molar-refractivity contribution in [2.24, 2.45) is 0 Å². The van der Waals surface area contributed by atoms with E-state index in [-0.39, 0.29) is 31.2 Å². The molecule has 1 aromatic heterocycles. The minimum absolute atomic E-state index is 0.166. The maximum atomic E-state index is 12.1. The largest absolute Gasteiger partial charge is 0.494 e. The van der Waals surface area contributed by atoms with E-state index in [1.165, 1.54) is 10.7 Å². The number of carbonyl (C=O) groups is 1. The molecule has 1 N–H and O–H groups in total. The molecule has 0 aliphatic heterocycles. The number of hydrogen-bond acceptors (Lipinski definition) is 6. The summed E-state index contributed by atoms with van der Waals surface area (Å²) in [5.41, 5.74) is 1.77. The Balaban J connectivity index is 1.52. The van der Waals surface area contributed by atoms with E-state index in [1.807, 2.05) is 37.3 Å². The molecule has 158 valence electrons. The monoisotopic (exact) mass is 418 g/mol. The van der Waals surface area contributed by atoms with Crippen molar-refractivity contribution < 1.29 is 14.3 Å². The van der Waals surface area contributed by atoms with Crippen LogP contribution >= 0.6 is 0 Å². The zero-order valence-electron chi connectivity index (χ0n) is 17.1. The van der Waals surface area contributed by atoms with Crippen molar-refractivity contribution in [3.63, 3.8) is 0 Å². The van der Waals surface area contributed by atoms with Gasteiger partial charge >= 0.3 is 0 Å². The van der Waals surface area contributed by atoms with Crippen molar-refractivity contribution in [2.75, 3.05) is 19.8 Å². The fraction of sp³-hybridized carbons (Fsp3) is 0.217. The van der Waals surface area contributed by atoms with Crippen molar-refractivity contribution in [1.29, 1.82) is 5.26 Å². The fourth-order valence-corrected chi connectivity index (χ4v) is 2.78. The summed E-state index contributed by atoms with van der Waals surface area (Å²) < 4.78 is 12.1. The molecule has 0 unspecified atom stereocenters. The second kappa shape index (κ2) is 10.6. The summed E-state index contributed by atoms with van der Waals surface area (Å²) in [5, 5.41) is 15.9. The minimum atomic E-state index is -0.319. The highest BCUT2D eigenvalue weighted by Crippen LogP contribution is 2.19. The molecule has 0 aliphatic rings. The molecule has 1 heterocycles. The first-order valence-corrected chi connectivity index (χ1v) is 9.80. The van der Waals surface area contributed by atoms with Gasteiger partial charge in [-0.25, -0.2) is 4.68 Å². The van der Waals surface area contributed by atoms with E-state index in [4.69, 9.17) is 14.7 Å². The number of benzene rings is 2. The lowest BCUT2D eigenvalue weighted by molar-refractivity contribution is -0.123. The van der Waals surface area contributed by atoms with Gasteiger partial charge in [0.25, 0.3) is 11.5 Å². The van der Waals surface area contributed by atoms with Crippen LogP contribution in [0.25, 0.3) is 11.3 Å². The molecule has 8 heteroatoms. The van der Waals surface area contributed by atoms with Crippen LogP contribution in [0.4, 0.5) is 0 Å². The number of hydrogen-bond donors (Lipinski definition) is 1. The highest BCUT2D eigenvalue weighted by molar-refractivity contribution is 5.77. The molecule has 3 aromatic rings. The Bertz CT molecular complexity index is 1120. The van der Waals surface area contributed by atoms with Crippen LogP contribution in [0, 0.1) is 11.3 Å². The van der Waals surface area contributed by atoms with Gasteiger partial charge in [-0.05, 0) is 61.5 Å². The third-order valence-corrected chi connectivity index (χ3v) is 4.33. The number of nitrogens with one attached hydrogen (secondary N) is 1. The van der Waals surface area contributed by atoms with Gasteiger partial charge in [-0.1, -0.05) is 0 Å². The normalized spacial score (nSPS) is 10.2. The Morgan fingerprint density at radius 1 is 1.03 bits per heavy atom. The van der Waals surface area contributed by atoms with Crippen LogP contribution in [0.15, 0.2) is 65.5 Å². The van der Waals surface area contributed by atoms with Crippen molar-refractivity contribution in [2.45, 2.75) is 13.5 Å². The summed E-state index contributed by atoms with van der Waals surface area (Å²) >= 11 is 0. The molecule has 0 radical (unpaired) electrons. The third-order valence-electron chi connectivity index (χ3n) is 4.33. The molecule has 0 atom stereocenters. The van der Waals surface area contributed by atoms with Crippen LogP contribution in [0.1, 0.15) is 12.5 Å². The first kappa shape index (κ1) is 21.6. The number of carbonyl (C=O) groups excluding carboxylic acids is 1. The number of nitrogens with zero attached hydrogens (tertiary/aromatic N) is 3. The summed E-state index contributed by atoms with van der Waals surface area (Å²) in [5.74, 6) is 0.945. The predicted molar refractivity (Wildman–Crippen MR) is 115 cm³/mol. The number of amides is 1. The minimum Gasteiger partial charge on any atom is -0.494 e. The van der Waals surface area contributed by atoms with Gasteiger partial charge < -0.3 is 14.8 Å². The predicted octanol–water partition coefficient (Wildman–Crippen LogP) is 2.38. The van der Waals surface area contributed by atoms with Gasteiger partial charge in [0.2, 0.25) is 0 Å². The lowest BCUT2D eigenvalue weighted by Gasteiger charge is -2.10. The number of rotatable bonds is 9. The maximum absolute atomic E-state index is 12.1. The van der Waals surface area contributed by atoms with Gasteiger partial charge in [-0.15, -0.1) is 0 Å². The summed E-state index contributed by atoms with van der Waals surface area (Å²) in [4.78, 5) is 24.1. The highest BCUT2D eigenvalue weighted by Gasteiger charge is 2.06. The van der Waals surface area contributed by atoms with Crippen molar-refractivity contribution in [3.05, 3.63) is 76.6 Å². The Morgan fingerprint density at radius 2 is 1.71 bits per heavy atom. The van der Waals surface area contributed by atoms with E-state index in [1.54, 1.807) is 30.3 Å². The fourth-order valence-electron chi connectivity index (χ4n) is 2.78. The van der Waals surface area contributed by atoms with Gasteiger partial charge in [0.15, 0.2) is 6.61 Å². The number of nitriles is 1. The van der Waals surface area contributed by atoms with E-state index in [0.717, 1.165) is 11.3 Å². The van der Waals surface area contributed by atoms with E-state index in [9.17, 15) is 9.59 Å². The van der Waals surface area contributed by atoms with Crippen molar-refractivity contribution in [1.82, 2.24) is 15.1 Å². The average Bonchev–Trinajstić information content (AvgIpc) is 2.80. The van der Waals surface area contributed by atoms with Gasteiger partial charge in [-0.3, -0.25) is 9.59 Å². The maximum Gasteiger partial charge on any atom is 0.266 e. The lowest BCUT2D eigenvalue weighted by Crippen LogP contribution is -2.34. The summed E-state index contributed by atoms with van der Waals surface area (Å²) in [6.07, 6.45) is 0. The number of aromatic nitrogens is 2. The van der Waals surface area contributed by atoms with Crippen LogP contribution in [-0.2, 0) is 11.3 Å². The molecule has 1 amide bonds. The Morgan fingerprint density at radius 3 is 2.39 bits per heavy atom. The number of ether oxygens (including phenoxy) is 2. The molecule has 0 fully saturated rings. The van der Waals surface area contributed by atoms with Gasteiger partial charge in [0, 0.05) is 18.2 Å². The second-order valence-corrected chi connectivity index (χ2v) is 6.51. The lowest BCUT2D eigenvalue weighted by atomic mass is 10.1. The molecule has 0 saturated heterocycles. The van der Waals surface area contributed by atoms with Gasteiger partial charge in [0.1, 0.15) is 11.5 Å². The van der Waals surface area contributed by atoms with Crippen LogP contribution in [-0.4, -0.2) is 35.4 Å². The zero-order valence-corrected chi connectivity index (χ0v) is 17.1. The molecule has 8 nitrogen and oxygen atoms in total. The second-order valence-electron chi connectivity index (χ2n) is 6.51. The third kappa shape index (κ3) is 6.18. The molecular formula is C23H22N4O4. The summed E-state index contributed by atoms with van der Waals surface area (Å²) in [6, 6.07) is 19.1. The van der Waals surface area contributed by atoms with Gasteiger partial charge in [-0.2, -0.15) is 10.4 Å². The molecule has 2 aromatic carbocycles. The van der Waals surface area contributed by atoms with Crippen LogP contribution in [0.5, 0.6) is 11.5 Å². The van der Waals surface area contributed by atoms with E-state index < -0.39 is 0 Å². The van der Waals surface area contributed by atoms with Crippen LogP contribution in [0.2, 0.25) is 0 Å². The van der Waals surface area contributed by atoms with E-state index in [0.29, 0.717) is 23.6 Å². The molecule has 0 aliphatic carbocycles. The molecule has 3 rings (SSSR count). The van der Waals surface area contributed by atoms with E-state index in [2.05, 4.69) is 10.4 Å². The highest BCUT2D eigenvalue weighted by atomic mass is 16.5. The molecule has 0 bridgehead atoms. The van der Waals surface area contributed by atoms with Crippen molar-refractivity contribution >= 4 is 5.91 Å². The zero-order chi connectivity index (χ0) is 22.1. The molecule has 0 spiro atoms. The Labute approximate surface area is 179 Å². The first-order chi connectivity index (χ1) is 15.1. The average molecular weight is 418 g/mol. The summed E-state index contributed by atoms with van der Waals surface area (Å²) in [7, 11) is 0. The smallest absolute Gasteiger partial charge is 0.266 e. The topological polar surface area (TPSA) is 106 Å². The summed E-state index contributed by atoms with van der Waals surface area (Å²) in [6.45, 7) is 2.80. The standard InChI is InChI=1S/C23H22N4O4/c1-2-30-19-9-5-18(6-10-19)21-11-12-23(29)27(26-21)14-13-25-22(28)16-31-20-7-3-17(15-24)4-8-20/h3-12H,2,13-14,16H2,1H3,(H,25,28). The van der Waals surface area contributed by atoms with Gasteiger partial charge in [0.05, 0.1) is 30.5 Å². The van der Waals surface area contributed by atoms with E-state index >= 15 is 0 Å². The Hall–Kier alpha value is -4.12. The van der Waals surface area contributed by atoms with Crippen LogP contribution in [0.3, 0.4) is 0 Å². The SMILES string of the molecule is CCOc1ccc(-c2ccc(=O)n(CCNC(=O)COc3ccc(C#N)cc3)n2)cc1. The first-order valence-electron chi connectivity index (χ1n) is 9.80. The molecule has 0 saturated carbocycles. The van der Waals surface area contributed by atoms with Crippen LogP contribution < -0.4 is 20.3 Å². The van der Waals surface area contributed by atoms with Crippen molar-refractivity contribution in [3.8, 4) is 28.8 Å². The quantitative estimate of drug-likeness (QED) is 0.572. The molecule has 31 heavy (non-hydrogen) atoms.